The first kappa shape index (κ1) is 34.3. The van der Waals surface area contributed by atoms with Crippen LogP contribution in [0.4, 0.5) is 0 Å². The fraction of sp³-hybridized carbons (Fsp3) is 0.722. The maximum absolute atomic E-state index is 14.1. The zero-order chi connectivity index (χ0) is 32.5. The van der Waals surface area contributed by atoms with E-state index in [1.807, 2.05) is 34.7 Å². The Balaban J connectivity index is 1.33. The van der Waals surface area contributed by atoms with E-state index in [0.717, 1.165) is 87.0 Å². The summed E-state index contributed by atoms with van der Waals surface area (Å²) >= 11 is 0. The van der Waals surface area contributed by atoms with E-state index in [9.17, 15) is 20.1 Å². The van der Waals surface area contributed by atoms with Crippen LogP contribution < -0.4 is 16.4 Å². The highest BCUT2D eigenvalue weighted by atomic mass is 33.1. The lowest BCUT2D eigenvalue weighted by atomic mass is 9.47. The van der Waals surface area contributed by atoms with Crippen molar-refractivity contribution >= 4 is 33.3 Å². The Labute approximate surface area is 282 Å². The number of carbonyl (C=O) groups is 1. The molecule has 3 aliphatic carbocycles. The van der Waals surface area contributed by atoms with Crippen molar-refractivity contribution in [2.75, 3.05) is 38.3 Å². The zero-order valence-corrected chi connectivity index (χ0v) is 29.3. The quantitative estimate of drug-likeness (QED) is 0.212. The summed E-state index contributed by atoms with van der Waals surface area (Å²) in [6.45, 7) is 4.20. The van der Waals surface area contributed by atoms with Crippen molar-refractivity contribution in [3.05, 3.63) is 46.0 Å². The molecule has 0 radical (unpaired) electrons. The Kier molecular flexibility index (Phi) is 10.5. The number of nitrogens with two attached hydrogens (primary N) is 1. The van der Waals surface area contributed by atoms with Crippen molar-refractivity contribution in [3.8, 4) is 0 Å². The number of aliphatic imine (C=N–C) groups is 1. The smallest absolute Gasteiger partial charge is 0.189 e. The number of nitrogens with zero attached hydrogens (tertiary/aromatic N) is 1. The molecule has 7 N–H and O–H groups in total. The Morgan fingerprint density at radius 3 is 2.78 bits per heavy atom. The van der Waals surface area contributed by atoms with Crippen molar-refractivity contribution in [1.82, 2.24) is 10.6 Å². The second-order valence-electron chi connectivity index (χ2n) is 14.9. The number of ketones is 1. The second kappa shape index (κ2) is 14.1. The number of hydrogen-bond acceptors (Lipinski definition) is 10. The minimum atomic E-state index is -0.279. The van der Waals surface area contributed by atoms with Gasteiger partial charge in [0.1, 0.15) is 0 Å². The molecule has 10 heteroatoms. The molecule has 2 heterocycles. The molecular weight excluding hydrogens is 617 g/mol. The molecular formula is C36H54N4O4S2. The minimum absolute atomic E-state index is 0.00924. The van der Waals surface area contributed by atoms with Crippen LogP contribution in [0.5, 0.6) is 0 Å². The zero-order valence-electron chi connectivity index (χ0n) is 27.7. The van der Waals surface area contributed by atoms with Crippen molar-refractivity contribution in [3.63, 3.8) is 0 Å². The summed E-state index contributed by atoms with van der Waals surface area (Å²) in [4.78, 5) is 18.8. The van der Waals surface area contributed by atoms with Crippen LogP contribution in [-0.4, -0.2) is 70.9 Å². The van der Waals surface area contributed by atoms with E-state index in [2.05, 4.69) is 34.7 Å². The van der Waals surface area contributed by atoms with Gasteiger partial charge in [0.15, 0.2) is 11.7 Å². The number of Topliss-reactive ketones (excluding diaryl/α,β-unsaturated/α-hetero) is 1. The standard InChI is InChI=1S/C36H54N4O4S2/c1-34-10-12-45-46-22-35(28(19-39-33(37)40-35)14-25-13-23(18-38-2)7-8-24(25)20-42)9-3-5-29-31-16-27(34)15-26(21-43)30(6-4-11-41)36(31,34)17-32(29)44/h7-8,13,26-28,30,38,41-43H,3-6,9-12,14-22H2,1-2H3,(H3,37,39,40). The van der Waals surface area contributed by atoms with Gasteiger partial charge >= 0.3 is 0 Å². The molecule has 2 fully saturated rings. The molecule has 5 bridgehead atoms. The van der Waals surface area contributed by atoms with Crippen molar-refractivity contribution in [2.24, 2.45) is 45.2 Å². The van der Waals surface area contributed by atoms with Gasteiger partial charge in [0.2, 0.25) is 0 Å². The molecule has 8 nitrogen and oxygen atoms in total. The van der Waals surface area contributed by atoms with E-state index in [4.69, 9.17) is 5.73 Å². The molecule has 5 aliphatic rings. The van der Waals surface area contributed by atoms with Gasteiger partial charge in [-0.05, 0) is 110 Å². The second-order valence-corrected chi connectivity index (χ2v) is 17.5. The number of aliphatic hydroxyl groups is 3. The molecule has 2 spiro atoms. The van der Waals surface area contributed by atoms with E-state index in [1.165, 1.54) is 16.7 Å². The molecule has 1 aromatic rings. The summed E-state index contributed by atoms with van der Waals surface area (Å²) in [5.74, 6) is 3.84. The number of carbonyl (C=O) groups excluding carboxylic acids is 1. The van der Waals surface area contributed by atoms with E-state index in [0.29, 0.717) is 30.6 Å². The fourth-order valence-corrected chi connectivity index (χ4v) is 13.4. The maximum Gasteiger partial charge on any atom is 0.189 e. The Morgan fingerprint density at radius 2 is 2.02 bits per heavy atom. The highest BCUT2D eigenvalue weighted by Crippen LogP contribution is 2.75. The third kappa shape index (κ3) is 5.87. The molecule has 7 atom stereocenters. The van der Waals surface area contributed by atoms with Crippen LogP contribution in [-0.2, 0) is 24.4 Å². The molecule has 0 amide bonds. The number of aliphatic hydroxyl groups excluding tert-OH is 3. The first-order valence-electron chi connectivity index (χ1n) is 17.4. The molecule has 6 rings (SSSR count). The van der Waals surface area contributed by atoms with Gasteiger partial charge in [-0.2, -0.15) is 0 Å². The van der Waals surface area contributed by atoms with Gasteiger partial charge in [0.05, 0.1) is 12.1 Å². The predicted octanol–water partition coefficient (Wildman–Crippen LogP) is 4.35. The fourth-order valence-electron chi connectivity index (χ4n) is 10.5. The number of hydrogen-bond donors (Lipinski definition) is 6. The van der Waals surface area contributed by atoms with E-state index >= 15 is 0 Å². The summed E-state index contributed by atoms with van der Waals surface area (Å²) in [6, 6.07) is 6.36. The molecule has 46 heavy (non-hydrogen) atoms. The third-order valence-corrected chi connectivity index (χ3v) is 15.4. The van der Waals surface area contributed by atoms with Gasteiger partial charge < -0.3 is 31.7 Å². The van der Waals surface area contributed by atoms with Crippen LogP contribution in [0.2, 0.25) is 0 Å². The lowest BCUT2D eigenvalue weighted by molar-refractivity contribution is -0.125. The van der Waals surface area contributed by atoms with Gasteiger partial charge in [0, 0.05) is 55.6 Å². The average Bonchev–Trinajstić information content (AvgIpc) is 3.37. The Hall–Kier alpha value is -1.56. The lowest BCUT2D eigenvalue weighted by Crippen LogP contribution is -2.62. The minimum Gasteiger partial charge on any atom is -0.396 e. The molecule has 2 aliphatic heterocycles. The van der Waals surface area contributed by atoms with E-state index < -0.39 is 0 Å². The molecule has 0 saturated heterocycles. The first-order valence-corrected chi connectivity index (χ1v) is 19.9. The van der Waals surface area contributed by atoms with Gasteiger partial charge in [-0.1, -0.05) is 52.3 Å². The normalized spacial score (nSPS) is 36.2. The summed E-state index contributed by atoms with van der Waals surface area (Å²) < 4.78 is 0. The van der Waals surface area contributed by atoms with E-state index in [1.54, 1.807) is 0 Å². The largest absolute Gasteiger partial charge is 0.396 e. The monoisotopic (exact) mass is 670 g/mol. The van der Waals surface area contributed by atoms with Crippen LogP contribution in [0.25, 0.3) is 0 Å². The number of guanidine groups is 1. The van der Waals surface area contributed by atoms with Crippen LogP contribution in [0.15, 0.2) is 34.3 Å². The molecule has 2 saturated carbocycles. The van der Waals surface area contributed by atoms with Crippen molar-refractivity contribution < 1.29 is 20.1 Å². The number of benzene rings is 1. The summed E-state index contributed by atoms with van der Waals surface area (Å²) in [6.07, 6.45) is 8.58. The SMILES string of the molecule is CNCc1ccc(CO)c(CC2CN=C(N)NC23CCCC2=C4CC5CC(CO)C(CCCO)C4(CC2=O)C5(C)CCSSC3)c1. The van der Waals surface area contributed by atoms with Gasteiger partial charge in [-0.15, -0.1) is 0 Å². The van der Waals surface area contributed by atoms with Crippen molar-refractivity contribution in [2.45, 2.75) is 89.8 Å². The molecule has 1 aromatic carbocycles. The summed E-state index contributed by atoms with van der Waals surface area (Å²) in [5.41, 5.74) is 11.8. The highest BCUT2D eigenvalue weighted by Gasteiger charge is 2.69. The maximum atomic E-state index is 14.1. The topological polar surface area (TPSA) is 140 Å². The number of allylic oxidation sites excluding steroid dienone is 2. The molecule has 0 aromatic heterocycles. The highest BCUT2D eigenvalue weighted by molar-refractivity contribution is 8.76. The summed E-state index contributed by atoms with van der Waals surface area (Å²) in [7, 11) is 5.84. The summed E-state index contributed by atoms with van der Waals surface area (Å²) in [5, 5.41) is 37.5. The van der Waals surface area contributed by atoms with Crippen molar-refractivity contribution in [1.29, 1.82) is 0 Å². The average molecular weight is 671 g/mol. The van der Waals surface area contributed by atoms with Crippen LogP contribution in [0, 0.1) is 34.5 Å². The van der Waals surface area contributed by atoms with E-state index in [-0.39, 0.29) is 53.9 Å². The molecule has 254 valence electrons. The predicted molar refractivity (Wildman–Crippen MR) is 188 cm³/mol. The molecule has 7 unspecified atom stereocenters. The Morgan fingerprint density at radius 1 is 1.17 bits per heavy atom. The number of nitrogens with one attached hydrogen (secondary N) is 2. The van der Waals surface area contributed by atoms with Crippen LogP contribution in [0.3, 0.4) is 0 Å². The van der Waals surface area contributed by atoms with Gasteiger partial charge in [0.25, 0.3) is 0 Å². The van der Waals surface area contributed by atoms with Gasteiger partial charge in [-0.25, -0.2) is 0 Å². The lowest BCUT2D eigenvalue weighted by Gasteiger charge is -2.57. The number of rotatable bonds is 9. The third-order valence-electron chi connectivity index (χ3n) is 12.8. The Bertz CT molecular complexity index is 1360. The van der Waals surface area contributed by atoms with Crippen LogP contribution >= 0.6 is 21.6 Å². The first-order chi connectivity index (χ1) is 22.2. The van der Waals surface area contributed by atoms with Crippen LogP contribution in [0.1, 0.15) is 81.4 Å². The van der Waals surface area contributed by atoms with Gasteiger partial charge in [-0.3, -0.25) is 9.79 Å².